The first kappa shape index (κ1) is 8.10. The molecule has 0 fully saturated rings. The largest absolute Gasteiger partial charge is 0.245 e. The molecule has 1 aromatic carbocycles. The number of aromatic nitrogens is 1. The quantitative estimate of drug-likeness (QED) is 0.537. The van der Waals surface area contributed by atoms with Crippen molar-refractivity contribution in [3.8, 4) is 0 Å². The predicted molar refractivity (Wildman–Crippen MR) is 51.4 cm³/mol. The van der Waals surface area contributed by atoms with Gasteiger partial charge in [0.15, 0.2) is 0 Å². The van der Waals surface area contributed by atoms with Crippen LogP contribution in [0.3, 0.4) is 0 Å². The molecule has 0 bridgehead atoms. The molecule has 0 aliphatic heterocycles. The number of fused-ring (bicyclic) bond motifs is 1. The molecule has 1 aromatic heterocycles. The average molecular weight is 190 g/mol. The van der Waals surface area contributed by atoms with Gasteiger partial charge >= 0.3 is 0 Å². The van der Waals surface area contributed by atoms with Crippen LogP contribution < -0.4 is 0 Å². The van der Waals surface area contributed by atoms with Crippen molar-refractivity contribution in [2.24, 2.45) is 4.99 Å². The topological polar surface area (TPSA) is 42.3 Å². The predicted octanol–water partition coefficient (Wildman–Crippen LogP) is 2.13. The Kier molecular flexibility index (Phi) is 2.17. The normalized spacial score (nSPS) is 9.85. The van der Waals surface area contributed by atoms with Crippen LogP contribution in [-0.2, 0) is 11.3 Å². The Bertz CT molecular complexity index is 471. The second-order valence-electron chi connectivity index (χ2n) is 2.56. The van der Waals surface area contributed by atoms with E-state index in [1.54, 1.807) is 16.8 Å². The van der Waals surface area contributed by atoms with Gasteiger partial charge < -0.3 is 0 Å². The molecule has 0 saturated carbocycles. The van der Waals surface area contributed by atoms with Crippen LogP contribution in [0.5, 0.6) is 0 Å². The van der Waals surface area contributed by atoms with E-state index >= 15 is 0 Å². The molecule has 0 aliphatic rings. The minimum atomic E-state index is 0.386. The number of rotatable bonds is 2. The van der Waals surface area contributed by atoms with Crippen molar-refractivity contribution in [2.45, 2.75) is 6.54 Å². The number of hydrogen-bond acceptors (Lipinski definition) is 4. The number of isocyanates is 1. The summed E-state index contributed by atoms with van der Waals surface area (Å²) in [7, 11) is 0. The third-order valence-corrected chi connectivity index (χ3v) is 2.53. The molecule has 0 saturated heterocycles. The van der Waals surface area contributed by atoms with Gasteiger partial charge in [0.2, 0.25) is 6.08 Å². The molecule has 3 nitrogen and oxygen atoms in total. The van der Waals surface area contributed by atoms with E-state index in [1.807, 2.05) is 18.2 Å². The van der Waals surface area contributed by atoms with Gasteiger partial charge in [0.25, 0.3) is 0 Å². The fourth-order valence-corrected chi connectivity index (χ4v) is 1.78. The highest BCUT2D eigenvalue weighted by atomic mass is 32.1. The van der Waals surface area contributed by atoms with Crippen LogP contribution in [0.1, 0.15) is 5.56 Å². The van der Waals surface area contributed by atoms with Crippen LogP contribution in [0.15, 0.2) is 28.7 Å². The molecule has 0 unspecified atom stereocenters. The van der Waals surface area contributed by atoms with Crippen molar-refractivity contribution in [2.75, 3.05) is 0 Å². The first-order chi connectivity index (χ1) is 6.40. The van der Waals surface area contributed by atoms with E-state index in [0.717, 1.165) is 15.8 Å². The summed E-state index contributed by atoms with van der Waals surface area (Å²) >= 11 is 1.60. The minimum Gasteiger partial charge on any atom is -0.245 e. The number of hydrogen-bond donors (Lipinski definition) is 0. The Morgan fingerprint density at radius 1 is 1.54 bits per heavy atom. The van der Waals surface area contributed by atoms with Gasteiger partial charge in [-0.2, -0.15) is 0 Å². The van der Waals surface area contributed by atoms with E-state index in [9.17, 15) is 4.79 Å². The zero-order valence-corrected chi connectivity index (χ0v) is 7.54. The number of thiazole rings is 1. The third kappa shape index (κ3) is 1.64. The summed E-state index contributed by atoms with van der Waals surface area (Å²) in [5, 5.41) is 0. The summed E-state index contributed by atoms with van der Waals surface area (Å²) in [4.78, 5) is 17.6. The van der Waals surface area contributed by atoms with E-state index in [0.29, 0.717) is 6.54 Å². The lowest BCUT2D eigenvalue weighted by atomic mass is 10.2. The number of carbonyl (C=O) groups excluding carboxylic acids is 1. The Morgan fingerprint density at radius 3 is 3.31 bits per heavy atom. The van der Waals surface area contributed by atoms with Crippen molar-refractivity contribution in [3.05, 3.63) is 29.3 Å². The maximum Gasteiger partial charge on any atom is 0.235 e. The second kappa shape index (κ2) is 3.47. The van der Waals surface area contributed by atoms with Gasteiger partial charge in [0, 0.05) is 0 Å². The smallest absolute Gasteiger partial charge is 0.235 e. The molecule has 0 aliphatic carbocycles. The lowest BCUT2D eigenvalue weighted by Crippen LogP contribution is -1.79. The first-order valence-corrected chi connectivity index (χ1v) is 4.64. The van der Waals surface area contributed by atoms with Gasteiger partial charge in [-0.15, -0.1) is 11.3 Å². The van der Waals surface area contributed by atoms with Crippen LogP contribution >= 0.6 is 11.3 Å². The summed E-state index contributed by atoms with van der Waals surface area (Å²) in [5.74, 6) is 0. The van der Waals surface area contributed by atoms with E-state index in [4.69, 9.17) is 0 Å². The standard InChI is InChI=1S/C9H6N2OS/c12-5-10-4-7-1-2-9-8(3-7)11-6-13-9/h1-3,6H,4H2. The molecule has 2 rings (SSSR count). The molecule has 0 atom stereocenters. The van der Waals surface area contributed by atoms with E-state index in [1.165, 1.54) is 6.08 Å². The van der Waals surface area contributed by atoms with Crippen LogP contribution in [0, 0.1) is 0 Å². The first-order valence-electron chi connectivity index (χ1n) is 3.76. The van der Waals surface area contributed by atoms with Crippen molar-refractivity contribution in [1.82, 2.24) is 4.98 Å². The van der Waals surface area contributed by atoms with E-state index in [-0.39, 0.29) is 0 Å². The minimum absolute atomic E-state index is 0.386. The zero-order valence-electron chi connectivity index (χ0n) is 6.73. The molecular weight excluding hydrogens is 184 g/mol. The van der Waals surface area contributed by atoms with Gasteiger partial charge in [0.1, 0.15) is 0 Å². The molecule has 1 heterocycles. The van der Waals surface area contributed by atoms with Gasteiger partial charge in [0.05, 0.1) is 22.3 Å². The molecule has 64 valence electrons. The molecule has 0 N–H and O–H groups in total. The van der Waals surface area contributed by atoms with Crippen LogP contribution in [0.4, 0.5) is 0 Å². The third-order valence-electron chi connectivity index (χ3n) is 1.72. The Labute approximate surface area is 78.8 Å². The number of nitrogens with zero attached hydrogens (tertiary/aromatic N) is 2. The van der Waals surface area contributed by atoms with Crippen molar-refractivity contribution < 1.29 is 4.79 Å². The SMILES string of the molecule is O=C=NCc1ccc2scnc2c1. The molecule has 0 amide bonds. The Hall–Kier alpha value is -1.51. The maximum absolute atomic E-state index is 9.89. The summed E-state index contributed by atoms with van der Waals surface area (Å²) < 4.78 is 1.15. The van der Waals surface area contributed by atoms with Gasteiger partial charge in [-0.1, -0.05) is 6.07 Å². The number of aliphatic imine (C=N–C) groups is 1. The van der Waals surface area contributed by atoms with Gasteiger partial charge in [-0.05, 0) is 17.7 Å². The molecule has 13 heavy (non-hydrogen) atoms. The van der Waals surface area contributed by atoms with Gasteiger partial charge in [-0.3, -0.25) is 0 Å². The monoisotopic (exact) mass is 190 g/mol. The lowest BCUT2D eigenvalue weighted by Gasteiger charge is -1.93. The average Bonchev–Trinajstić information content (AvgIpc) is 2.61. The number of benzene rings is 1. The summed E-state index contributed by atoms with van der Waals surface area (Å²) in [6, 6.07) is 5.87. The van der Waals surface area contributed by atoms with Crippen LogP contribution in [-0.4, -0.2) is 11.1 Å². The molecule has 0 radical (unpaired) electrons. The molecular formula is C9H6N2OS. The highest BCUT2D eigenvalue weighted by Crippen LogP contribution is 2.18. The lowest BCUT2D eigenvalue weighted by molar-refractivity contribution is 0.563. The highest BCUT2D eigenvalue weighted by molar-refractivity contribution is 7.16. The van der Waals surface area contributed by atoms with E-state index < -0.39 is 0 Å². The second-order valence-corrected chi connectivity index (χ2v) is 3.45. The summed E-state index contributed by atoms with van der Waals surface area (Å²) in [5.41, 5.74) is 3.75. The van der Waals surface area contributed by atoms with Crippen molar-refractivity contribution in [3.63, 3.8) is 0 Å². The molecule has 2 aromatic rings. The van der Waals surface area contributed by atoms with Gasteiger partial charge in [-0.25, -0.2) is 14.8 Å². The van der Waals surface area contributed by atoms with Crippen molar-refractivity contribution in [1.29, 1.82) is 0 Å². The van der Waals surface area contributed by atoms with Crippen molar-refractivity contribution >= 4 is 27.6 Å². The van der Waals surface area contributed by atoms with Crippen LogP contribution in [0.2, 0.25) is 0 Å². The van der Waals surface area contributed by atoms with Crippen LogP contribution in [0.25, 0.3) is 10.2 Å². The summed E-state index contributed by atoms with van der Waals surface area (Å²) in [6.07, 6.45) is 1.52. The fourth-order valence-electron chi connectivity index (χ4n) is 1.13. The maximum atomic E-state index is 9.89. The zero-order chi connectivity index (χ0) is 9.10. The fraction of sp³-hybridized carbons (Fsp3) is 0.111. The summed E-state index contributed by atoms with van der Waals surface area (Å²) in [6.45, 7) is 0.386. The Morgan fingerprint density at radius 2 is 2.46 bits per heavy atom. The molecule has 0 spiro atoms. The molecule has 4 heteroatoms. The highest BCUT2D eigenvalue weighted by Gasteiger charge is 1.97. The Balaban J connectivity index is 2.42. The van der Waals surface area contributed by atoms with E-state index in [2.05, 4.69) is 9.98 Å².